The fourth-order valence-electron chi connectivity index (χ4n) is 2.11. The van der Waals surface area contributed by atoms with Gasteiger partial charge in [0.2, 0.25) is 0 Å². The van der Waals surface area contributed by atoms with Crippen molar-refractivity contribution < 1.29 is 24.6 Å². The van der Waals surface area contributed by atoms with Gasteiger partial charge < -0.3 is 24.6 Å². The first-order valence-electron chi connectivity index (χ1n) is 7.50. The maximum atomic E-state index is 8.84. The zero-order valence-electron chi connectivity index (χ0n) is 13.6. The van der Waals surface area contributed by atoms with E-state index in [0.717, 1.165) is 22.5 Å². The molecule has 2 atom stereocenters. The molecule has 2 aromatic carbocycles. The highest BCUT2D eigenvalue weighted by atomic mass is 32.2. The van der Waals surface area contributed by atoms with Gasteiger partial charge in [-0.15, -0.1) is 0 Å². The van der Waals surface area contributed by atoms with Crippen molar-refractivity contribution in [1.82, 2.24) is 0 Å². The molecule has 0 spiro atoms. The summed E-state index contributed by atoms with van der Waals surface area (Å²) in [4.78, 5) is 0.889. The molecule has 1 aliphatic heterocycles. The summed E-state index contributed by atoms with van der Waals surface area (Å²) in [6.45, 7) is 3.04. The molecule has 2 aromatic rings. The zero-order valence-corrected chi connectivity index (χ0v) is 14.4. The Hall–Kier alpha value is -1.41. The van der Waals surface area contributed by atoms with Crippen LogP contribution >= 0.6 is 12.0 Å². The molecular formula is C18H24O5S. The third kappa shape index (κ3) is 6.60. The van der Waals surface area contributed by atoms with Crippen molar-refractivity contribution in [2.24, 2.45) is 0 Å². The van der Waals surface area contributed by atoms with Gasteiger partial charge in [-0.2, -0.15) is 0 Å². The van der Waals surface area contributed by atoms with Gasteiger partial charge in [0.1, 0.15) is 12.2 Å². The molecule has 0 aromatic heterocycles. The molecule has 1 fully saturated rings. The number of hydrogen-bond acceptors (Lipinski definition) is 5. The van der Waals surface area contributed by atoms with Gasteiger partial charge in [0.05, 0.1) is 19.8 Å². The molecule has 1 heterocycles. The first kappa shape index (κ1) is 20.6. The average Bonchev–Trinajstić information content (AvgIpc) is 2.64. The SMILES string of the molecule is Cc1ccc(SO)cc1.O.OCC1COC(c2ccccc2)CO1. The summed E-state index contributed by atoms with van der Waals surface area (Å²) in [7, 11) is 0. The van der Waals surface area contributed by atoms with E-state index in [1.54, 1.807) is 0 Å². The number of rotatable bonds is 3. The van der Waals surface area contributed by atoms with Crippen LogP contribution in [0.25, 0.3) is 0 Å². The van der Waals surface area contributed by atoms with Crippen LogP contribution in [0.2, 0.25) is 0 Å². The van der Waals surface area contributed by atoms with Gasteiger partial charge in [-0.05, 0) is 24.6 Å². The standard InChI is InChI=1S/C11H14O3.C7H8OS.H2O/c12-6-10-7-14-11(8-13-10)9-4-2-1-3-5-9;1-6-2-4-7(9-8)5-3-6;/h1-5,10-12H,6-8H2;2-5,8H,1H3;1H2. The predicted molar refractivity (Wildman–Crippen MR) is 95.2 cm³/mol. The lowest BCUT2D eigenvalue weighted by atomic mass is 10.1. The molecule has 1 saturated heterocycles. The highest BCUT2D eigenvalue weighted by Gasteiger charge is 2.22. The van der Waals surface area contributed by atoms with Crippen LogP contribution in [-0.2, 0) is 9.47 Å². The quantitative estimate of drug-likeness (QED) is 0.829. The lowest BCUT2D eigenvalue weighted by Gasteiger charge is -2.28. The van der Waals surface area contributed by atoms with Crippen LogP contribution in [-0.4, -0.2) is 41.1 Å². The summed E-state index contributed by atoms with van der Waals surface area (Å²) in [5.74, 6) is 0. The molecule has 0 aliphatic carbocycles. The summed E-state index contributed by atoms with van der Waals surface area (Å²) in [6, 6.07) is 17.7. The second kappa shape index (κ2) is 11.2. The Balaban J connectivity index is 0.000000252. The van der Waals surface area contributed by atoms with E-state index < -0.39 is 0 Å². The van der Waals surface area contributed by atoms with Crippen LogP contribution < -0.4 is 0 Å². The van der Waals surface area contributed by atoms with E-state index >= 15 is 0 Å². The van der Waals surface area contributed by atoms with Gasteiger partial charge in [-0.25, -0.2) is 0 Å². The molecule has 24 heavy (non-hydrogen) atoms. The van der Waals surface area contributed by atoms with Crippen LogP contribution in [0.1, 0.15) is 17.2 Å². The number of ether oxygens (including phenoxy) is 2. The summed E-state index contributed by atoms with van der Waals surface area (Å²) in [5.41, 5.74) is 2.34. The van der Waals surface area contributed by atoms with Crippen molar-refractivity contribution in [2.75, 3.05) is 19.8 Å². The molecule has 4 N–H and O–H groups in total. The number of aliphatic hydroxyl groups is 1. The minimum atomic E-state index is -0.157. The van der Waals surface area contributed by atoms with Crippen molar-refractivity contribution in [3.05, 3.63) is 65.7 Å². The summed E-state index contributed by atoms with van der Waals surface area (Å²) >= 11 is 0.777. The molecule has 0 radical (unpaired) electrons. The third-order valence-corrected chi connectivity index (χ3v) is 3.95. The van der Waals surface area contributed by atoms with E-state index in [2.05, 4.69) is 0 Å². The topological polar surface area (TPSA) is 90.4 Å². The van der Waals surface area contributed by atoms with Crippen molar-refractivity contribution >= 4 is 12.0 Å². The van der Waals surface area contributed by atoms with E-state index in [0.29, 0.717) is 13.2 Å². The molecule has 2 unspecified atom stereocenters. The molecular weight excluding hydrogens is 328 g/mol. The normalized spacial score (nSPS) is 19.6. The fourth-order valence-corrected chi connectivity index (χ4v) is 2.37. The number of aryl methyl sites for hydroxylation is 1. The van der Waals surface area contributed by atoms with Gasteiger partial charge in [-0.1, -0.05) is 48.0 Å². The maximum Gasteiger partial charge on any atom is 0.106 e. The van der Waals surface area contributed by atoms with Crippen molar-refractivity contribution in [2.45, 2.75) is 24.0 Å². The van der Waals surface area contributed by atoms with Crippen LogP contribution in [0.4, 0.5) is 0 Å². The Morgan fingerprint density at radius 3 is 2.17 bits per heavy atom. The van der Waals surface area contributed by atoms with Gasteiger partial charge in [-0.3, -0.25) is 0 Å². The first-order valence-corrected chi connectivity index (χ1v) is 8.27. The van der Waals surface area contributed by atoms with Gasteiger partial charge in [0.15, 0.2) is 0 Å². The van der Waals surface area contributed by atoms with E-state index in [-0.39, 0.29) is 24.3 Å². The molecule has 6 heteroatoms. The smallest absolute Gasteiger partial charge is 0.106 e. The third-order valence-electron chi connectivity index (χ3n) is 3.47. The second-order valence-corrected chi connectivity index (χ2v) is 5.93. The highest BCUT2D eigenvalue weighted by molar-refractivity contribution is 7.93. The molecule has 0 bridgehead atoms. The lowest BCUT2D eigenvalue weighted by Crippen LogP contribution is -2.33. The van der Waals surface area contributed by atoms with Gasteiger partial charge in [0, 0.05) is 16.9 Å². The second-order valence-electron chi connectivity index (χ2n) is 5.27. The molecule has 132 valence electrons. The van der Waals surface area contributed by atoms with Crippen molar-refractivity contribution in [1.29, 1.82) is 0 Å². The largest absolute Gasteiger partial charge is 0.412 e. The van der Waals surface area contributed by atoms with Crippen LogP contribution in [0.15, 0.2) is 59.5 Å². The van der Waals surface area contributed by atoms with E-state index in [1.807, 2.05) is 61.5 Å². The predicted octanol–water partition coefficient (Wildman–Crippen LogP) is 2.87. The van der Waals surface area contributed by atoms with Crippen LogP contribution in [0.3, 0.4) is 0 Å². The zero-order chi connectivity index (χ0) is 16.5. The Bertz CT molecular complexity index is 553. The van der Waals surface area contributed by atoms with Gasteiger partial charge in [0.25, 0.3) is 0 Å². The summed E-state index contributed by atoms with van der Waals surface area (Å²) in [6.07, 6.45) is -0.144. The summed E-state index contributed by atoms with van der Waals surface area (Å²) < 4.78 is 19.5. The van der Waals surface area contributed by atoms with Crippen LogP contribution in [0.5, 0.6) is 0 Å². The minimum absolute atomic E-state index is 0. The Labute approximate surface area is 146 Å². The van der Waals surface area contributed by atoms with E-state index in [4.69, 9.17) is 19.1 Å². The summed E-state index contributed by atoms with van der Waals surface area (Å²) in [5, 5.41) is 8.84. The molecule has 5 nitrogen and oxygen atoms in total. The van der Waals surface area contributed by atoms with E-state index in [9.17, 15) is 0 Å². The fraction of sp³-hybridized carbons (Fsp3) is 0.333. The number of benzene rings is 2. The van der Waals surface area contributed by atoms with Crippen molar-refractivity contribution in [3.63, 3.8) is 0 Å². The number of hydrogen-bond donors (Lipinski definition) is 2. The first-order chi connectivity index (χ1) is 11.2. The maximum absolute atomic E-state index is 8.84. The Kier molecular flexibility index (Phi) is 9.63. The van der Waals surface area contributed by atoms with Gasteiger partial charge >= 0.3 is 0 Å². The highest BCUT2D eigenvalue weighted by Crippen LogP contribution is 2.22. The van der Waals surface area contributed by atoms with Crippen LogP contribution in [0, 0.1) is 6.92 Å². The molecule has 0 amide bonds. The average molecular weight is 352 g/mol. The van der Waals surface area contributed by atoms with Crippen molar-refractivity contribution in [3.8, 4) is 0 Å². The lowest BCUT2D eigenvalue weighted by molar-refractivity contribution is -0.147. The molecule has 1 aliphatic rings. The van der Waals surface area contributed by atoms with E-state index in [1.165, 1.54) is 5.56 Å². The Morgan fingerprint density at radius 1 is 1.00 bits per heavy atom. The molecule has 0 saturated carbocycles. The molecule has 3 rings (SSSR count). The Morgan fingerprint density at radius 2 is 1.67 bits per heavy atom. The minimum Gasteiger partial charge on any atom is -0.412 e. The monoisotopic (exact) mass is 352 g/mol. The number of aliphatic hydroxyl groups excluding tert-OH is 1.